The molecule has 1 aromatic rings. The smallest absolute Gasteiger partial charge is 0.240 e. The Hall–Kier alpha value is -1.42. The second-order valence-corrected chi connectivity index (χ2v) is 5.21. The largest absolute Gasteiger partial charge is 0.335 e. The number of rotatable bonds is 2. The number of carbonyl (C=O) groups excluding carboxylic acids is 1. The first-order valence-electron chi connectivity index (χ1n) is 6.43. The van der Waals surface area contributed by atoms with E-state index in [-0.39, 0.29) is 24.9 Å². The molecule has 0 aromatic heterocycles. The third kappa shape index (κ3) is 1.81. The van der Waals surface area contributed by atoms with Gasteiger partial charge in [0, 0.05) is 5.92 Å². The average molecular weight is 248 g/mol. The van der Waals surface area contributed by atoms with Gasteiger partial charge >= 0.3 is 0 Å². The maximum absolute atomic E-state index is 12.8. The third-order valence-electron chi connectivity index (χ3n) is 4.05. The molecule has 1 saturated heterocycles. The Labute approximate surface area is 106 Å². The van der Waals surface area contributed by atoms with Crippen molar-refractivity contribution < 1.29 is 9.18 Å². The van der Waals surface area contributed by atoms with Crippen LogP contribution in [-0.4, -0.2) is 36.1 Å². The summed E-state index contributed by atoms with van der Waals surface area (Å²) in [6, 6.07) is 7.61. The molecule has 18 heavy (non-hydrogen) atoms. The van der Waals surface area contributed by atoms with E-state index in [1.807, 2.05) is 18.2 Å². The Morgan fingerprint density at radius 3 is 2.83 bits per heavy atom. The predicted molar refractivity (Wildman–Crippen MR) is 67.0 cm³/mol. The van der Waals surface area contributed by atoms with Crippen molar-refractivity contribution in [1.82, 2.24) is 4.90 Å². The number of hydrogen-bond donors (Lipinski definition) is 1. The molecule has 2 N–H and O–H groups in total. The first-order chi connectivity index (χ1) is 8.66. The highest BCUT2D eigenvalue weighted by Gasteiger charge is 2.38. The average Bonchev–Trinajstić information content (AvgIpc) is 2.77. The Balaban J connectivity index is 1.74. The van der Waals surface area contributed by atoms with E-state index >= 15 is 0 Å². The lowest BCUT2D eigenvalue weighted by atomic mass is 9.92. The van der Waals surface area contributed by atoms with Crippen LogP contribution in [0.25, 0.3) is 0 Å². The lowest BCUT2D eigenvalue weighted by Crippen LogP contribution is -2.57. The minimum atomic E-state index is -0.864. The predicted octanol–water partition coefficient (Wildman–Crippen LogP) is 1.22. The van der Waals surface area contributed by atoms with Crippen molar-refractivity contribution in [3.05, 3.63) is 35.4 Å². The zero-order chi connectivity index (χ0) is 12.7. The molecule has 3 nitrogen and oxygen atoms in total. The second-order valence-electron chi connectivity index (χ2n) is 5.21. The van der Waals surface area contributed by atoms with Crippen LogP contribution >= 0.6 is 0 Å². The molecule has 0 saturated carbocycles. The standard InChI is InChI=1S/C14H17FN2O/c15-10-7-17(8-10)14(18)13(16)12-6-5-9-3-1-2-4-11(9)12/h1-4,10,12-13H,5-8,16H2. The van der Waals surface area contributed by atoms with Crippen LogP contribution < -0.4 is 5.73 Å². The fraction of sp³-hybridized carbons (Fsp3) is 0.500. The Bertz CT molecular complexity index is 471. The summed E-state index contributed by atoms with van der Waals surface area (Å²) in [5.74, 6) is -0.0158. The summed E-state index contributed by atoms with van der Waals surface area (Å²) < 4.78 is 12.8. The number of fused-ring (bicyclic) bond motifs is 1. The van der Waals surface area contributed by atoms with Gasteiger partial charge in [0.05, 0.1) is 19.1 Å². The molecule has 0 radical (unpaired) electrons. The molecule has 1 aliphatic carbocycles. The molecule has 1 heterocycles. The monoisotopic (exact) mass is 248 g/mol. The minimum absolute atomic E-state index is 0.0901. The molecule has 2 atom stereocenters. The number of benzene rings is 1. The molecule has 3 rings (SSSR count). The van der Waals surface area contributed by atoms with Crippen molar-refractivity contribution >= 4 is 5.91 Å². The number of alkyl halides is 1. The fourth-order valence-corrected chi connectivity index (χ4v) is 2.95. The van der Waals surface area contributed by atoms with Gasteiger partial charge in [-0.15, -0.1) is 0 Å². The van der Waals surface area contributed by atoms with Crippen molar-refractivity contribution in [1.29, 1.82) is 0 Å². The summed E-state index contributed by atoms with van der Waals surface area (Å²) in [5, 5.41) is 0. The molecule has 2 aliphatic rings. The van der Waals surface area contributed by atoms with Crippen molar-refractivity contribution in [2.45, 2.75) is 31.0 Å². The lowest BCUT2D eigenvalue weighted by Gasteiger charge is -2.37. The molecular weight excluding hydrogens is 231 g/mol. The summed E-state index contributed by atoms with van der Waals surface area (Å²) in [6.45, 7) is 0.418. The van der Waals surface area contributed by atoms with E-state index in [1.54, 1.807) is 0 Å². The van der Waals surface area contributed by atoms with Crippen molar-refractivity contribution in [3.63, 3.8) is 0 Å². The number of likely N-dealkylation sites (tertiary alicyclic amines) is 1. The van der Waals surface area contributed by atoms with Crippen LogP contribution in [0.1, 0.15) is 23.5 Å². The van der Waals surface area contributed by atoms with Crippen LogP contribution in [0.15, 0.2) is 24.3 Å². The summed E-state index contributed by atoms with van der Waals surface area (Å²) in [5.41, 5.74) is 8.56. The highest BCUT2D eigenvalue weighted by molar-refractivity contribution is 5.84. The molecule has 2 unspecified atom stereocenters. The van der Waals surface area contributed by atoms with Gasteiger partial charge in [0.15, 0.2) is 0 Å². The van der Waals surface area contributed by atoms with E-state index in [2.05, 4.69) is 6.07 Å². The highest BCUT2D eigenvalue weighted by atomic mass is 19.1. The molecule has 96 valence electrons. The number of hydrogen-bond acceptors (Lipinski definition) is 2. The SMILES string of the molecule is NC(C(=O)N1CC(F)C1)C1CCc2ccccc21. The van der Waals surface area contributed by atoms with Crippen LogP contribution in [0.3, 0.4) is 0 Å². The molecule has 0 bridgehead atoms. The Kier molecular flexibility index (Phi) is 2.82. The van der Waals surface area contributed by atoms with Gasteiger partial charge in [-0.1, -0.05) is 24.3 Å². The molecule has 4 heteroatoms. The zero-order valence-corrected chi connectivity index (χ0v) is 10.2. The van der Waals surface area contributed by atoms with Crippen LogP contribution in [0.5, 0.6) is 0 Å². The van der Waals surface area contributed by atoms with Gasteiger partial charge < -0.3 is 10.6 Å². The summed E-state index contributed by atoms with van der Waals surface area (Å²) in [7, 11) is 0. The van der Waals surface area contributed by atoms with Gasteiger partial charge in [-0.25, -0.2) is 4.39 Å². The number of halogens is 1. The summed E-state index contributed by atoms with van der Waals surface area (Å²) >= 11 is 0. The van der Waals surface area contributed by atoms with Gasteiger partial charge in [0.25, 0.3) is 0 Å². The molecular formula is C14H17FN2O. The maximum atomic E-state index is 12.8. The van der Waals surface area contributed by atoms with E-state index in [1.165, 1.54) is 16.0 Å². The van der Waals surface area contributed by atoms with Gasteiger partial charge in [-0.2, -0.15) is 0 Å². The molecule has 1 fully saturated rings. The summed E-state index contributed by atoms with van der Waals surface area (Å²) in [6.07, 6.45) is 1.03. The fourth-order valence-electron chi connectivity index (χ4n) is 2.95. The van der Waals surface area contributed by atoms with Crippen LogP contribution in [-0.2, 0) is 11.2 Å². The van der Waals surface area contributed by atoms with Crippen molar-refractivity contribution in [2.24, 2.45) is 5.73 Å². The third-order valence-corrected chi connectivity index (χ3v) is 4.05. The van der Waals surface area contributed by atoms with Gasteiger partial charge in [0.1, 0.15) is 6.17 Å². The number of amides is 1. The Morgan fingerprint density at radius 1 is 1.39 bits per heavy atom. The van der Waals surface area contributed by atoms with Gasteiger partial charge in [-0.3, -0.25) is 4.79 Å². The Morgan fingerprint density at radius 2 is 2.11 bits per heavy atom. The highest BCUT2D eigenvalue weighted by Crippen LogP contribution is 2.35. The molecule has 1 aromatic carbocycles. The van der Waals surface area contributed by atoms with Crippen LogP contribution in [0.2, 0.25) is 0 Å². The van der Waals surface area contributed by atoms with Crippen LogP contribution in [0.4, 0.5) is 4.39 Å². The molecule has 0 spiro atoms. The second kappa shape index (κ2) is 4.35. The van der Waals surface area contributed by atoms with Gasteiger partial charge in [-0.05, 0) is 24.0 Å². The minimum Gasteiger partial charge on any atom is -0.335 e. The quantitative estimate of drug-likeness (QED) is 0.855. The van der Waals surface area contributed by atoms with E-state index in [4.69, 9.17) is 5.73 Å². The van der Waals surface area contributed by atoms with E-state index in [0.717, 1.165) is 12.8 Å². The lowest BCUT2D eigenvalue weighted by molar-refractivity contribution is -0.140. The van der Waals surface area contributed by atoms with Crippen LogP contribution in [0, 0.1) is 0 Å². The van der Waals surface area contributed by atoms with Crippen molar-refractivity contribution in [2.75, 3.05) is 13.1 Å². The van der Waals surface area contributed by atoms with E-state index < -0.39 is 12.2 Å². The number of aryl methyl sites for hydroxylation is 1. The first kappa shape index (κ1) is 11.7. The first-order valence-corrected chi connectivity index (χ1v) is 6.43. The summed E-state index contributed by atoms with van der Waals surface area (Å²) in [4.78, 5) is 13.6. The van der Waals surface area contributed by atoms with Crippen molar-refractivity contribution in [3.8, 4) is 0 Å². The van der Waals surface area contributed by atoms with E-state index in [0.29, 0.717) is 0 Å². The number of nitrogens with zero attached hydrogens (tertiary/aromatic N) is 1. The topological polar surface area (TPSA) is 46.3 Å². The zero-order valence-electron chi connectivity index (χ0n) is 10.2. The maximum Gasteiger partial charge on any atom is 0.240 e. The van der Waals surface area contributed by atoms with E-state index in [9.17, 15) is 9.18 Å². The number of carbonyl (C=O) groups is 1. The normalized spacial score (nSPS) is 24.6. The molecule has 1 aliphatic heterocycles. The van der Waals surface area contributed by atoms with Gasteiger partial charge in [0.2, 0.25) is 5.91 Å². The molecule has 1 amide bonds. The number of nitrogens with two attached hydrogens (primary N) is 1.